The molecule has 0 fully saturated rings. The minimum atomic E-state index is -1.29. The first-order valence-electron chi connectivity index (χ1n) is 16.6. The van der Waals surface area contributed by atoms with Crippen LogP contribution in [0.15, 0.2) is 16.9 Å². The number of fused-ring (bicyclic) bond motifs is 5. The summed E-state index contributed by atoms with van der Waals surface area (Å²) in [6.07, 6.45) is 5.82. The Morgan fingerprint density at radius 1 is 1.12 bits per heavy atom. The number of benzene rings is 1. The smallest absolute Gasteiger partial charge is 0.313 e. The number of aryl methyl sites for hydroxylation is 1. The van der Waals surface area contributed by atoms with Crippen molar-refractivity contribution < 1.29 is 27.7 Å². The molecule has 2 atom stereocenters. The van der Waals surface area contributed by atoms with Gasteiger partial charge in [0.15, 0.2) is 0 Å². The fraction of sp³-hybridized carbons (Fsp3) is 0.528. The topological polar surface area (TPSA) is 129 Å². The summed E-state index contributed by atoms with van der Waals surface area (Å²) in [6.45, 7) is 11.0. The molecule has 6 rings (SSSR count). The standard InChI is InChI=1S/C36H45FN4O6S/c1-8-20-22-15-28-33-23(17-41(28)34(44)24(22)18-46-35(20)45)32-26(10-9-21-19(2)25(37)16-27(40-33)31(21)32)39-30(43)12-11-29(42)38-13-14-47-48(6,7)36(3,4)5/h15-16,20,26H,8-14,17-18H2,1-7H3,(H,38,42)(H,39,43). The number of nitrogens with one attached hydrogen (secondary N) is 2. The molecular weight excluding hydrogens is 635 g/mol. The van der Waals surface area contributed by atoms with Crippen molar-refractivity contribution in [2.75, 3.05) is 25.7 Å². The molecule has 10 nitrogen and oxygen atoms in total. The van der Waals surface area contributed by atoms with Gasteiger partial charge in [-0.05, 0) is 67.0 Å². The third-order valence-electron chi connectivity index (χ3n) is 10.4. The maximum atomic E-state index is 15.2. The van der Waals surface area contributed by atoms with Gasteiger partial charge in [-0.2, -0.15) is 0 Å². The molecule has 0 saturated carbocycles. The number of hydrogen-bond acceptors (Lipinski definition) is 7. The second kappa shape index (κ2) is 12.6. The highest BCUT2D eigenvalue weighted by Gasteiger charge is 2.38. The molecule has 0 saturated heterocycles. The molecule has 48 heavy (non-hydrogen) atoms. The first-order chi connectivity index (χ1) is 22.6. The lowest BCUT2D eigenvalue weighted by Crippen LogP contribution is -2.34. The van der Waals surface area contributed by atoms with Gasteiger partial charge in [0, 0.05) is 41.1 Å². The first kappa shape index (κ1) is 34.1. The fourth-order valence-corrected chi connectivity index (χ4v) is 7.77. The molecule has 0 bridgehead atoms. The third-order valence-corrected chi connectivity index (χ3v) is 14.1. The van der Waals surface area contributed by atoms with Crippen molar-refractivity contribution in [2.45, 2.75) is 96.6 Å². The van der Waals surface area contributed by atoms with Crippen LogP contribution >= 0.6 is 10.3 Å². The van der Waals surface area contributed by atoms with Crippen molar-refractivity contribution in [3.8, 4) is 11.4 Å². The van der Waals surface area contributed by atoms with Crippen molar-refractivity contribution >= 4 is 39.0 Å². The van der Waals surface area contributed by atoms with E-state index in [-0.39, 0.29) is 59.9 Å². The van der Waals surface area contributed by atoms with Crippen LogP contribution in [0.3, 0.4) is 0 Å². The molecule has 3 aliphatic rings. The van der Waals surface area contributed by atoms with Gasteiger partial charge in [-0.15, -0.1) is 10.3 Å². The van der Waals surface area contributed by atoms with Crippen LogP contribution in [0.25, 0.3) is 22.3 Å². The van der Waals surface area contributed by atoms with Gasteiger partial charge in [-0.3, -0.25) is 19.2 Å². The Kier molecular flexibility index (Phi) is 8.95. The van der Waals surface area contributed by atoms with Crippen LogP contribution in [-0.4, -0.2) is 57.7 Å². The van der Waals surface area contributed by atoms with Gasteiger partial charge in [0.05, 0.1) is 47.6 Å². The number of hydrogen-bond donors (Lipinski definition) is 2. The van der Waals surface area contributed by atoms with Gasteiger partial charge >= 0.3 is 5.97 Å². The van der Waals surface area contributed by atoms with Gasteiger partial charge in [0.2, 0.25) is 11.8 Å². The second-order valence-corrected chi connectivity index (χ2v) is 18.2. The van der Waals surface area contributed by atoms with Gasteiger partial charge in [-0.25, -0.2) is 9.37 Å². The molecular formula is C36H45FN4O6S. The largest absolute Gasteiger partial charge is 0.460 e. The second-order valence-electron chi connectivity index (χ2n) is 14.3. The summed E-state index contributed by atoms with van der Waals surface area (Å²) in [6, 6.07) is 2.87. The predicted octanol–water partition coefficient (Wildman–Crippen LogP) is 5.22. The minimum Gasteiger partial charge on any atom is -0.460 e. The number of halogens is 1. The Morgan fingerprint density at radius 3 is 2.56 bits per heavy atom. The molecule has 2 aromatic heterocycles. The lowest BCUT2D eigenvalue weighted by atomic mass is 9.81. The Labute approximate surface area is 281 Å². The number of ether oxygens (including phenoxy) is 1. The van der Waals surface area contributed by atoms with E-state index in [0.717, 1.165) is 22.1 Å². The maximum absolute atomic E-state index is 15.2. The summed E-state index contributed by atoms with van der Waals surface area (Å²) < 4.78 is 28.3. The third kappa shape index (κ3) is 5.91. The van der Waals surface area contributed by atoms with E-state index < -0.39 is 22.3 Å². The molecule has 2 amide bonds. The number of carbonyl (C=O) groups excluding carboxylic acids is 3. The van der Waals surface area contributed by atoms with Crippen molar-refractivity contribution in [3.63, 3.8) is 0 Å². The Bertz CT molecular complexity index is 1910. The zero-order valence-corrected chi connectivity index (χ0v) is 29.6. The fourth-order valence-electron chi connectivity index (χ4n) is 6.92. The highest BCUT2D eigenvalue weighted by atomic mass is 32.3. The van der Waals surface area contributed by atoms with Crippen molar-refractivity contribution in [2.24, 2.45) is 0 Å². The molecule has 0 radical (unpaired) electrons. The van der Waals surface area contributed by atoms with E-state index in [1.54, 1.807) is 11.5 Å². The quantitative estimate of drug-likeness (QED) is 0.183. The monoisotopic (exact) mass is 680 g/mol. The van der Waals surface area contributed by atoms with Gasteiger partial charge in [-0.1, -0.05) is 27.7 Å². The van der Waals surface area contributed by atoms with E-state index in [1.165, 1.54) is 6.07 Å². The molecule has 2 unspecified atom stereocenters. The molecule has 0 spiro atoms. The molecule has 1 aliphatic carbocycles. The number of aromatic nitrogens is 2. The molecule has 12 heteroatoms. The average Bonchev–Trinajstić information content (AvgIpc) is 3.39. The van der Waals surface area contributed by atoms with Gasteiger partial charge < -0.3 is 24.1 Å². The van der Waals surface area contributed by atoms with E-state index in [2.05, 4.69) is 43.9 Å². The van der Waals surface area contributed by atoms with E-state index in [1.807, 2.05) is 13.0 Å². The van der Waals surface area contributed by atoms with Crippen LogP contribution in [0.1, 0.15) is 98.7 Å². The number of carbonyl (C=O) groups is 3. The zero-order valence-electron chi connectivity index (χ0n) is 28.8. The van der Waals surface area contributed by atoms with Crippen LogP contribution in [0, 0.1) is 12.7 Å². The summed E-state index contributed by atoms with van der Waals surface area (Å²) >= 11 is 0. The highest BCUT2D eigenvalue weighted by molar-refractivity contribution is 8.29. The lowest BCUT2D eigenvalue weighted by Gasteiger charge is -2.43. The van der Waals surface area contributed by atoms with Crippen molar-refractivity contribution in [3.05, 3.63) is 61.7 Å². The van der Waals surface area contributed by atoms with Crippen LogP contribution in [0.2, 0.25) is 0 Å². The molecule has 258 valence electrons. The maximum Gasteiger partial charge on any atom is 0.313 e. The number of cyclic esters (lactones) is 1. The number of esters is 1. The summed E-state index contributed by atoms with van der Waals surface area (Å²) in [5.41, 5.74) is 5.51. The van der Waals surface area contributed by atoms with E-state index in [9.17, 15) is 19.2 Å². The lowest BCUT2D eigenvalue weighted by molar-refractivity contribution is -0.148. The molecule has 2 N–H and O–H groups in total. The van der Waals surface area contributed by atoms with Crippen LogP contribution in [0.4, 0.5) is 4.39 Å². The van der Waals surface area contributed by atoms with E-state index in [4.69, 9.17) is 13.9 Å². The number of amides is 2. The number of pyridine rings is 2. The zero-order chi connectivity index (χ0) is 34.7. The van der Waals surface area contributed by atoms with E-state index in [0.29, 0.717) is 66.0 Å². The normalized spacial score (nSPS) is 18.5. The number of rotatable bonds is 9. The van der Waals surface area contributed by atoms with Crippen LogP contribution in [0.5, 0.6) is 0 Å². The Hall–Kier alpha value is -3.77. The van der Waals surface area contributed by atoms with Crippen LogP contribution in [-0.2, 0) is 42.9 Å². The molecule has 1 aromatic carbocycles. The molecule has 3 aromatic rings. The van der Waals surface area contributed by atoms with E-state index >= 15 is 4.39 Å². The summed E-state index contributed by atoms with van der Waals surface area (Å²) in [5, 5.41) is 6.80. The Balaban J connectivity index is 1.25. The average molecular weight is 681 g/mol. The summed E-state index contributed by atoms with van der Waals surface area (Å²) in [7, 11) is -1.29. The van der Waals surface area contributed by atoms with Gasteiger partial charge in [0.1, 0.15) is 12.4 Å². The molecule has 4 heterocycles. The number of nitrogens with zero attached hydrogens (tertiary/aromatic N) is 2. The first-order valence-corrected chi connectivity index (χ1v) is 19.0. The minimum absolute atomic E-state index is 0.00643. The van der Waals surface area contributed by atoms with Crippen molar-refractivity contribution in [1.82, 2.24) is 20.2 Å². The van der Waals surface area contributed by atoms with Gasteiger partial charge in [0.25, 0.3) is 5.56 Å². The Morgan fingerprint density at radius 2 is 1.85 bits per heavy atom. The summed E-state index contributed by atoms with van der Waals surface area (Å²) in [4.78, 5) is 57.1. The highest BCUT2D eigenvalue weighted by Crippen LogP contribution is 2.53. The predicted molar refractivity (Wildman–Crippen MR) is 185 cm³/mol. The summed E-state index contributed by atoms with van der Waals surface area (Å²) in [5.74, 6) is -1.75. The van der Waals surface area contributed by atoms with Crippen molar-refractivity contribution in [1.29, 1.82) is 0 Å². The molecule has 2 aliphatic heterocycles. The van der Waals surface area contributed by atoms with Crippen LogP contribution < -0.4 is 16.2 Å². The SMILES string of the molecule is CCC1C(=O)OCc2c1cc1n(c2=O)Cc2c-1nc1cc(F)c(C)c3c1c2C(NC(=O)CCC(=O)NCCOS(C)(C)C(C)(C)C)CC3.